The summed E-state index contributed by atoms with van der Waals surface area (Å²) in [6, 6.07) is 17.0. The average molecular weight is 494 g/mol. The molecule has 3 amide bonds. The van der Waals surface area contributed by atoms with E-state index in [2.05, 4.69) is 10.6 Å². The molecule has 3 fully saturated rings. The molecule has 1 spiro atoms. The number of carbonyl (C=O) groups is 3. The summed E-state index contributed by atoms with van der Waals surface area (Å²) in [6.07, 6.45) is 1.46. The van der Waals surface area contributed by atoms with Crippen LogP contribution in [0.2, 0.25) is 0 Å². The highest BCUT2D eigenvalue weighted by molar-refractivity contribution is 8.02. The number of anilines is 1. The van der Waals surface area contributed by atoms with Crippen LogP contribution in [0.1, 0.15) is 38.3 Å². The molecule has 184 valence electrons. The van der Waals surface area contributed by atoms with Gasteiger partial charge in [-0.15, -0.1) is 11.8 Å². The zero-order chi connectivity index (χ0) is 24.7. The zero-order valence-corrected chi connectivity index (χ0v) is 20.7. The number of amides is 3. The van der Waals surface area contributed by atoms with E-state index in [1.165, 1.54) is 0 Å². The number of rotatable bonds is 7. The molecular formula is C27H31N3O4S. The topological polar surface area (TPSA) is 98.7 Å². The molecule has 0 radical (unpaired) electrons. The SMILES string of the molecule is CC(C)NC(=O)C1N([C@H](CO)c2ccccc2)C(=O)[C@@H]2[C@@H](C(=O)Nc3ccccc3)[C@H]3CCC12S3. The summed E-state index contributed by atoms with van der Waals surface area (Å²) < 4.78 is -0.693. The number of hydrogen-bond acceptors (Lipinski definition) is 5. The third kappa shape index (κ3) is 3.93. The van der Waals surface area contributed by atoms with E-state index in [1.54, 1.807) is 16.7 Å². The van der Waals surface area contributed by atoms with E-state index in [4.69, 9.17) is 0 Å². The summed E-state index contributed by atoms with van der Waals surface area (Å²) in [5, 5.41) is 16.4. The summed E-state index contributed by atoms with van der Waals surface area (Å²) in [7, 11) is 0. The van der Waals surface area contributed by atoms with E-state index in [-0.39, 0.29) is 35.6 Å². The van der Waals surface area contributed by atoms with E-state index in [1.807, 2.05) is 74.5 Å². The average Bonchev–Trinajstić information content (AvgIpc) is 3.48. The first-order valence-electron chi connectivity index (χ1n) is 12.2. The van der Waals surface area contributed by atoms with Crippen molar-refractivity contribution in [2.45, 2.75) is 54.8 Å². The lowest BCUT2D eigenvalue weighted by Gasteiger charge is -2.37. The van der Waals surface area contributed by atoms with Gasteiger partial charge in [-0.1, -0.05) is 48.5 Å². The lowest BCUT2D eigenvalue weighted by Crippen LogP contribution is -2.55. The molecule has 2 bridgehead atoms. The van der Waals surface area contributed by atoms with Gasteiger partial charge in [0.2, 0.25) is 17.7 Å². The molecule has 3 N–H and O–H groups in total. The van der Waals surface area contributed by atoms with Gasteiger partial charge >= 0.3 is 0 Å². The van der Waals surface area contributed by atoms with Crippen molar-refractivity contribution in [3.63, 3.8) is 0 Å². The molecule has 7 nitrogen and oxygen atoms in total. The Kier molecular flexibility index (Phi) is 6.36. The van der Waals surface area contributed by atoms with E-state index in [0.29, 0.717) is 12.1 Å². The smallest absolute Gasteiger partial charge is 0.244 e. The third-order valence-electron chi connectivity index (χ3n) is 7.45. The third-order valence-corrected chi connectivity index (χ3v) is 9.41. The van der Waals surface area contributed by atoms with Crippen LogP contribution in [0.15, 0.2) is 60.7 Å². The van der Waals surface area contributed by atoms with E-state index in [0.717, 1.165) is 12.0 Å². The number of nitrogens with one attached hydrogen (secondary N) is 2. The molecule has 0 aromatic heterocycles. The van der Waals surface area contributed by atoms with Gasteiger partial charge in [0, 0.05) is 17.0 Å². The fourth-order valence-corrected chi connectivity index (χ4v) is 8.37. The Balaban J connectivity index is 1.55. The first kappa shape index (κ1) is 23.9. The van der Waals surface area contributed by atoms with Gasteiger partial charge in [0.1, 0.15) is 6.04 Å². The summed E-state index contributed by atoms with van der Waals surface area (Å²) >= 11 is 1.62. The summed E-state index contributed by atoms with van der Waals surface area (Å²) in [5.74, 6) is -1.77. The Hall–Kier alpha value is -2.84. The van der Waals surface area contributed by atoms with Crippen LogP contribution < -0.4 is 10.6 Å². The monoisotopic (exact) mass is 493 g/mol. The minimum absolute atomic E-state index is 0.0199. The molecule has 2 aromatic carbocycles. The predicted molar refractivity (Wildman–Crippen MR) is 136 cm³/mol. The molecule has 2 unspecified atom stereocenters. The van der Waals surface area contributed by atoms with Gasteiger partial charge < -0.3 is 20.6 Å². The van der Waals surface area contributed by atoms with Crippen LogP contribution in [0, 0.1) is 11.8 Å². The lowest BCUT2D eigenvalue weighted by atomic mass is 9.70. The number of aliphatic hydroxyl groups is 1. The van der Waals surface area contributed by atoms with Gasteiger partial charge in [-0.25, -0.2) is 0 Å². The van der Waals surface area contributed by atoms with Crippen LogP contribution in [-0.2, 0) is 14.4 Å². The number of nitrogens with zero attached hydrogens (tertiary/aromatic N) is 1. The minimum Gasteiger partial charge on any atom is -0.394 e. The number of para-hydroxylation sites is 1. The Morgan fingerprint density at radius 2 is 1.74 bits per heavy atom. The molecule has 0 aliphatic carbocycles. The normalized spacial score (nSPS) is 29.8. The van der Waals surface area contributed by atoms with Crippen molar-refractivity contribution in [1.29, 1.82) is 0 Å². The summed E-state index contributed by atoms with van der Waals surface area (Å²) in [5.41, 5.74) is 1.46. The van der Waals surface area contributed by atoms with Crippen LogP contribution in [-0.4, -0.2) is 56.4 Å². The van der Waals surface area contributed by atoms with Crippen LogP contribution in [0.4, 0.5) is 5.69 Å². The van der Waals surface area contributed by atoms with Crippen molar-refractivity contribution in [2.24, 2.45) is 11.8 Å². The first-order valence-corrected chi connectivity index (χ1v) is 13.1. The van der Waals surface area contributed by atoms with Crippen molar-refractivity contribution in [3.05, 3.63) is 66.2 Å². The highest BCUT2D eigenvalue weighted by atomic mass is 32.2. The van der Waals surface area contributed by atoms with Crippen molar-refractivity contribution >= 4 is 35.2 Å². The highest BCUT2D eigenvalue weighted by Gasteiger charge is 2.74. The maximum Gasteiger partial charge on any atom is 0.244 e. The highest BCUT2D eigenvalue weighted by Crippen LogP contribution is 2.67. The second-order valence-corrected chi connectivity index (χ2v) is 11.5. The molecule has 6 atom stereocenters. The van der Waals surface area contributed by atoms with Gasteiger partial charge in [-0.2, -0.15) is 0 Å². The number of aliphatic hydroxyl groups excluding tert-OH is 1. The van der Waals surface area contributed by atoms with Crippen molar-refractivity contribution < 1.29 is 19.5 Å². The fraction of sp³-hybridized carbons (Fsp3) is 0.444. The largest absolute Gasteiger partial charge is 0.394 e. The Morgan fingerprint density at radius 3 is 2.37 bits per heavy atom. The summed E-state index contributed by atoms with van der Waals surface area (Å²) in [4.78, 5) is 42.9. The van der Waals surface area contributed by atoms with E-state index >= 15 is 0 Å². The Bertz CT molecular complexity index is 1110. The fourth-order valence-electron chi connectivity index (χ4n) is 6.17. The number of fused-ring (bicyclic) bond motifs is 1. The van der Waals surface area contributed by atoms with Gasteiger partial charge in [0.05, 0.1) is 29.2 Å². The minimum atomic E-state index is -0.760. The second kappa shape index (κ2) is 9.32. The number of likely N-dealkylation sites (tertiary alicyclic amines) is 1. The van der Waals surface area contributed by atoms with Crippen LogP contribution in [0.5, 0.6) is 0 Å². The molecule has 3 saturated heterocycles. The quantitative estimate of drug-likeness (QED) is 0.551. The van der Waals surface area contributed by atoms with Gasteiger partial charge in [-0.3, -0.25) is 14.4 Å². The van der Waals surface area contributed by atoms with Gasteiger partial charge in [-0.05, 0) is 44.4 Å². The van der Waals surface area contributed by atoms with Gasteiger partial charge in [0.25, 0.3) is 0 Å². The Morgan fingerprint density at radius 1 is 1.09 bits per heavy atom. The van der Waals surface area contributed by atoms with Gasteiger partial charge in [0.15, 0.2) is 0 Å². The van der Waals surface area contributed by atoms with Crippen molar-refractivity contribution in [3.8, 4) is 0 Å². The maximum atomic E-state index is 14.2. The number of hydrogen-bond donors (Lipinski definition) is 3. The molecule has 5 rings (SSSR count). The molecular weight excluding hydrogens is 462 g/mol. The molecule has 3 heterocycles. The standard InChI is InChI=1S/C27H31N3O4S/c1-16(2)28-25(33)23-27-14-13-20(35-27)21(24(32)29-18-11-7-4-8-12-18)22(27)26(34)30(23)19(15-31)17-9-5-3-6-10-17/h3-12,16,19-23,31H,13-15H2,1-2H3,(H,28,33)(H,29,32)/t19-,20-,21+,22+,23?,27?/m1/s1. The molecule has 8 heteroatoms. The number of thioether (sulfide) groups is 1. The van der Waals surface area contributed by atoms with E-state index in [9.17, 15) is 19.5 Å². The molecule has 0 saturated carbocycles. The number of carbonyl (C=O) groups excluding carboxylic acids is 3. The van der Waals surface area contributed by atoms with Crippen LogP contribution in [0.3, 0.4) is 0 Å². The zero-order valence-electron chi connectivity index (χ0n) is 19.9. The lowest BCUT2D eigenvalue weighted by molar-refractivity contribution is -0.142. The van der Waals surface area contributed by atoms with Crippen LogP contribution in [0.25, 0.3) is 0 Å². The van der Waals surface area contributed by atoms with Crippen molar-refractivity contribution in [1.82, 2.24) is 10.2 Å². The second-order valence-electron chi connectivity index (χ2n) is 9.93. The molecule has 35 heavy (non-hydrogen) atoms. The predicted octanol–water partition coefficient (Wildman–Crippen LogP) is 2.97. The number of benzene rings is 2. The molecule has 2 aromatic rings. The van der Waals surface area contributed by atoms with Crippen molar-refractivity contribution in [2.75, 3.05) is 11.9 Å². The Labute approximate surface area is 209 Å². The van der Waals surface area contributed by atoms with Crippen LogP contribution >= 0.6 is 11.8 Å². The summed E-state index contributed by atoms with van der Waals surface area (Å²) in [6.45, 7) is 3.48. The maximum absolute atomic E-state index is 14.2. The molecule has 3 aliphatic rings. The molecule has 3 aliphatic heterocycles. The van der Waals surface area contributed by atoms with E-state index < -0.39 is 28.7 Å². The first-order chi connectivity index (χ1) is 16.9.